The van der Waals surface area contributed by atoms with E-state index in [1.165, 1.54) is 30.6 Å². The summed E-state index contributed by atoms with van der Waals surface area (Å²) in [5, 5.41) is 23.9. The number of carboxylic acids is 1. The number of fused-ring (bicyclic) bond motifs is 1. The van der Waals surface area contributed by atoms with Gasteiger partial charge in [0.25, 0.3) is 0 Å². The van der Waals surface area contributed by atoms with Gasteiger partial charge in [0.2, 0.25) is 5.91 Å². The van der Waals surface area contributed by atoms with Crippen LogP contribution >= 0.6 is 11.8 Å². The molecule has 0 aliphatic carbocycles. The summed E-state index contributed by atoms with van der Waals surface area (Å²) in [6.45, 7) is 1.53. The third kappa shape index (κ3) is 2.85. The molecule has 0 unspecified atom stereocenters. The molecular formula is C16H17N3O5S. The first-order valence-corrected chi connectivity index (χ1v) is 8.47. The third-order valence-electron chi connectivity index (χ3n) is 4.13. The van der Waals surface area contributed by atoms with E-state index in [1.54, 1.807) is 24.3 Å². The van der Waals surface area contributed by atoms with Crippen molar-refractivity contribution < 1.29 is 24.6 Å². The van der Waals surface area contributed by atoms with Crippen LogP contribution in [0, 0.1) is 5.92 Å². The van der Waals surface area contributed by atoms with Gasteiger partial charge in [-0.1, -0.05) is 23.9 Å². The number of carbonyl (C=O) groups is 3. The average Bonchev–Trinajstić information content (AvgIpc) is 2.90. The van der Waals surface area contributed by atoms with E-state index in [0.717, 1.165) is 0 Å². The van der Waals surface area contributed by atoms with Gasteiger partial charge in [-0.05, 0) is 24.6 Å². The van der Waals surface area contributed by atoms with Crippen LogP contribution in [0.5, 0.6) is 0 Å². The van der Waals surface area contributed by atoms with Crippen molar-refractivity contribution in [2.45, 2.75) is 18.4 Å². The second kappa shape index (κ2) is 6.41. The molecule has 132 valence electrons. The van der Waals surface area contributed by atoms with E-state index in [4.69, 9.17) is 0 Å². The van der Waals surface area contributed by atoms with E-state index in [2.05, 4.69) is 10.6 Å². The van der Waals surface area contributed by atoms with Crippen molar-refractivity contribution >= 4 is 40.3 Å². The van der Waals surface area contributed by atoms with Crippen LogP contribution in [0.4, 0.5) is 10.5 Å². The number of anilines is 1. The Kier molecular flexibility index (Phi) is 4.44. The predicted octanol–water partition coefficient (Wildman–Crippen LogP) is 1.10. The summed E-state index contributed by atoms with van der Waals surface area (Å²) < 4.78 is 0. The number of carbonyl (C=O) groups excluding carboxylic acids is 2. The van der Waals surface area contributed by atoms with Crippen LogP contribution in [-0.2, 0) is 9.59 Å². The summed E-state index contributed by atoms with van der Waals surface area (Å²) in [6, 6.07) is 6.32. The number of rotatable bonds is 4. The minimum atomic E-state index is -1.19. The quantitative estimate of drug-likeness (QED) is 0.595. The summed E-state index contributed by atoms with van der Waals surface area (Å²) in [7, 11) is 1.50. The van der Waals surface area contributed by atoms with Crippen LogP contribution in [0.2, 0.25) is 0 Å². The van der Waals surface area contributed by atoms with Gasteiger partial charge in [-0.3, -0.25) is 9.69 Å². The van der Waals surface area contributed by atoms with Crippen LogP contribution in [0.25, 0.3) is 4.91 Å². The fourth-order valence-corrected chi connectivity index (χ4v) is 4.50. The number of urea groups is 1. The van der Waals surface area contributed by atoms with Gasteiger partial charge in [0.1, 0.15) is 11.1 Å². The third-order valence-corrected chi connectivity index (χ3v) is 5.54. The zero-order chi connectivity index (χ0) is 18.3. The van der Waals surface area contributed by atoms with E-state index in [9.17, 15) is 24.6 Å². The van der Waals surface area contributed by atoms with Crippen molar-refractivity contribution in [1.82, 2.24) is 10.2 Å². The number of nitrogens with one attached hydrogen (secondary N) is 2. The lowest BCUT2D eigenvalue weighted by Gasteiger charge is -2.43. The molecule has 2 aliphatic rings. The van der Waals surface area contributed by atoms with E-state index in [1.807, 2.05) is 0 Å². The van der Waals surface area contributed by atoms with Crippen LogP contribution < -0.4 is 10.6 Å². The van der Waals surface area contributed by atoms with Crippen molar-refractivity contribution in [3.63, 3.8) is 0 Å². The number of thioether (sulfide) groups is 1. The highest BCUT2D eigenvalue weighted by atomic mass is 32.2. The monoisotopic (exact) mass is 363 g/mol. The topological polar surface area (TPSA) is 119 Å². The molecule has 25 heavy (non-hydrogen) atoms. The largest absolute Gasteiger partial charge is 0.477 e. The van der Waals surface area contributed by atoms with Crippen LogP contribution in [0.1, 0.15) is 12.5 Å². The predicted molar refractivity (Wildman–Crippen MR) is 92.5 cm³/mol. The fraction of sp³-hybridized carbons (Fsp3) is 0.312. The maximum Gasteiger partial charge on any atom is 0.353 e. The molecule has 3 rings (SSSR count). The molecule has 9 heteroatoms. The Morgan fingerprint density at radius 2 is 1.92 bits per heavy atom. The zero-order valence-electron chi connectivity index (χ0n) is 13.5. The molecule has 2 heterocycles. The minimum absolute atomic E-state index is 0.0658. The van der Waals surface area contributed by atoms with Gasteiger partial charge in [-0.2, -0.15) is 0 Å². The highest BCUT2D eigenvalue weighted by Crippen LogP contribution is 2.53. The first-order valence-electron chi connectivity index (χ1n) is 7.59. The first kappa shape index (κ1) is 17.3. The Balaban J connectivity index is 1.90. The number of amides is 3. The van der Waals surface area contributed by atoms with Gasteiger partial charge in [0.05, 0.1) is 12.0 Å². The van der Waals surface area contributed by atoms with Gasteiger partial charge < -0.3 is 20.8 Å². The van der Waals surface area contributed by atoms with Crippen LogP contribution in [0.15, 0.2) is 30.0 Å². The van der Waals surface area contributed by atoms with E-state index in [-0.39, 0.29) is 17.6 Å². The number of aliphatic carboxylic acids is 1. The number of aliphatic hydroxyl groups excluding tert-OH is 1. The smallest absolute Gasteiger partial charge is 0.353 e. The second-order valence-electron chi connectivity index (χ2n) is 5.75. The maximum absolute atomic E-state index is 12.2. The van der Waals surface area contributed by atoms with Crippen molar-refractivity contribution in [2.75, 3.05) is 12.4 Å². The summed E-state index contributed by atoms with van der Waals surface area (Å²) >= 11 is 1.26. The molecule has 1 fully saturated rings. The molecule has 2 aliphatic heterocycles. The number of carboxylic acid groups (broad SMARTS) is 1. The molecule has 0 saturated carbocycles. The molecule has 0 bridgehead atoms. The molecule has 8 nitrogen and oxygen atoms in total. The maximum atomic E-state index is 12.2. The van der Waals surface area contributed by atoms with Crippen molar-refractivity contribution in [1.29, 1.82) is 0 Å². The average molecular weight is 363 g/mol. The Morgan fingerprint density at radius 3 is 2.44 bits per heavy atom. The van der Waals surface area contributed by atoms with Gasteiger partial charge in [-0.25, -0.2) is 9.59 Å². The Hall–Kier alpha value is -2.52. The molecule has 3 amide bonds. The lowest BCUT2D eigenvalue weighted by atomic mass is 9.92. The molecule has 1 saturated heterocycles. The number of aliphatic hydroxyl groups is 1. The highest BCUT2D eigenvalue weighted by Gasteiger charge is 2.57. The number of β-lactam (4-membered cyclic amide) rings is 1. The highest BCUT2D eigenvalue weighted by molar-refractivity contribution is 8.09. The molecule has 4 N–H and O–H groups in total. The SMILES string of the molecule is CNC(=O)Nc1ccc(C2=C(C(=O)O)N3C(=O)[C@H]([C@@H](C)O)[C@H]3S2)cc1. The van der Waals surface area contributed by atoms with E-state index in [0.29, 0.717) is 16.2 Å². The Bertz CT molecular complexity index is 774. The van der Waals surface area contributed by atoms with Crippen LogP contribution in [-0.4, -0.2) is 51.5 Å². The number of hydrogen-bond donors (Lipinski definition) is 4. The summed E-state index contributed by atoms with van der Waals surface area (Å²) in [5.41, 5.74) is 1.13. The molecule has 0 radical (unpaired) electrons. The molecule has 1 aromatic rings. The van der Waals surface area contributed by atoms with Crippen molar-refractivity contribution in [2.24, 2.45) is 5.92 Å². The summed E-state index contributed by atoms with van der Waals surface area (Å²) in [4.78, 5) is 36.9. The molecular weight excluding hydrogens is 346 g/mol. The number of benzene rings is 1. The lowest BCUT2D eigenvalue weighted by molar-refractivity contribution is -0.156. The molecule has 3 atom stereocenters. The van der Waals surface area contributed by atoms with E-state index >= 15 is 0 Å². The minimum Gasteiger partial charge on any atom is -0.477 e. The summed E-state index contributed by atoms with van der Waals surface area (Å²) in [5.74, 6) is -2.17. The van der Waals surface area contributed by atoms with Crippen LogP contribution in [0.3, 0.4) is 0 Å². The van der Waals surface area contributed by atoms with Gasteiger partial charge in [-0.15, -0.1) is 0 Å². The van der Waals surface area contributed by atoms with Crippen molar-refractivity contribution in [3.05, 3.63) is 35.5 Å². The first-order chi connectivity index (χ1) is 11.8. The van der Waals surface area contributed by atoms with Gasteiger partial charge >= 0.3 is 12.0 Å². The zero-order valence-corrected chi connectivity index (χ0v) is 14.3. The number of hydrogen-bond acceptors (Lipinski definition) is 5. The molecule has 1 aromatic carbocycles. The van der Waals surface area contributed by atoms with Gasteiger partial charge in [0, 0.05) is 17.6 Å². The molecule has 0 aromatic heterocycles. The van der Waals surface area contributed by atoms with Crippen molar-refractivity contribution in [3.8, 4) is 0 Å². The summed E-state index contributed by atoms with van der Waals surface area (Å²) in [6.07, 6.45) is -0.838. The number of nitrogens with zero attached hydrogens (tertiary/aromatic N) is 1. The lowest BCUT2D eigenvalue weighted by Crippen LogP contribution is -2.60. The van der Waals surface area contributed by atoms with E-state index < -0.39 is 23.4 Å². The standard InChI is InChI=1S/C16H17N3O5S/c1-7(20)10-13(21)19-11(15(22)23)12(25-14(10)19)8-3-5-9(6-4-8)18-16(24)17-2/h3-7,10,14,20H,1-2H3,(H,22,23)(H2,17,18,24)/t7-,10+,14-/m1/s1. The van der Waals surface area contributed by atoms with Gasteiger partial charge in [0.15, 0.2) is 0 Å². The Morgan fingerprint density at radius 1 is 1.28 bits per heavy atom. The Labute approximate surface area is 147 Å². The normalized spacial score (nSPS) is 23.0. The fourth-order valence-electron chi connectivity index (χ4n) is 2.88. The second-order valence-corrected chi connectivity index (χ2v) is 6.87. The molecule has 0 spiro atoms.